The molecule has 2 aromatic carbocycles. The molecule has 2 rings (SSSR count). The molecule has 1 amide bonds. The Labute approximate surface area is 143 Å². The van der Waals surface area contributed by atoms with Gasteiger partial charge in [0.2, 0.25) is 5.91 Å². The molecule has 0 aliphatic heterocycles. The molecule has 0 radical (unpaired) electrons. The van der Waals surface area contributed by atoms with E-state index in [4.69, 9.17) is 0 Å². The van der Waals surface area contributed by atoms with Gasteiger partial charge in [-0.2, -0.15) is 0 Å². The zero-order chi connectivity index (χ0) is 16.7. The molecule has 2 nitrogen and oxygen atoms in total. The summed E-state index contributed by atoms with van der Waals surface area (Å²) in [6.07, 6.45) is 0.876. The number of aryl methyl sites for hydroxylation is 2. The highest BCUT2D eigenvalue weighted by Crippen LogP contribution is 2.21. The molecule has 2 aromatic rings. The van der Waals surface area contributed by atoms with Gasteiger partial charge in [0.25, 0.3) is 0 Å². The van der Waals surface area contributed by atoms with Crippen LogP contribution < -0.4 is 5.32 Å². The van der Waals surface area contributed by atoms with Gasteiger partial charge in [-0.25, -0.2) is 0 Å². The number of carbonyl (C=O) groups excluding carboxylic acids is 1. The van der Waals surface area contributed by atoms with Crippen LogP contribution in [0.4, 0.5) is 0 Å². The molecule has 1 N–H and O–H groups in total. The minimum atomic E-state index is -0.0364. The molecule has 0 heterocycles. The van der Waals surface area contributed by atoms with E-state index in [-0.39, 0.29) is 11.2 Å². The molecule has 0 fully saturated rings. The molecule has 0 aromatic heterocycles. The minimum absolute atomic E-state index is 0.0364. The quantitative estimate of drug-likeness (QED) is 0.822. The summed E-state index contributed by atoms with van der Waals surface area (Å²) < 4.78 is 0. The monoisotopic (exact) mass is 327 g/mol. The molecule has 0 saturated carbocycles. The highest BCUT2D eigenvalue weighted by molar-refractivity contribution is 7.99. The van der Waals surface area contributed by atoms with Crippen LogP contribution in [0.2, 0.25) is 0 Å². The van der Waals surface area contributed by atoms with Gasteiger partial charge in [-0.05, 0) is 43.9 Å². The Hall–Kier alpha value is -1.74. The van der Waals surface area contributed by atoms with Crippen LogP contribution in [0.3, 0.4) is 0 Å². The van der Waals surface area contributed by atoms with Crippen molar-refractivity contribution in [1.29, 1.82) is 0 Å². The first kappa shape index (κ1) is 17.6. The van der Waals surface area contributed by atoms with Gasteiger partial charge < -0.3 is 5.32 Å². The number of carbonyl (C=O) groups is 1. The van der Waals surface area contributed by atoms with Gasteiger partial charge in [0.1, 0.15) is 0 Å². The van der Waals surface area contributed by atoms with Gasteiger partial charge in [-0.3, -0.25) is 4.79 Å². The first-order chi connectivity index (χ1) is 11.1. The molecule has 0 spiro atoms. The summed E-state index contributed by atoms with van der Waals surface area (Å²) >= 11 is 1.69. The molecule has 122 valence electrons. The Morgan fingerprint density at radius 3 is 2.61 bits per heavy atom. The van der Waals surface area contributed by atoms with Crippen LogP contribution in [0, 0.1) is 13.8 Å². The lowest BCUT2D eigenvalue weighted by atomic mass is 10.1. The van der Waals surface area contributed by atoms with Crippen molar-refractivity contribution < 1.29 is 4.79 Å². The molecule has 1 unspecified atom stereocenters. The Morgan fingerprint density at radius 2 is 1.87 bits per heavy atom. The standard InChI is InChI=1S/C20H25NOS/c1-15-9-10-16(2)19(13-15)14-23-17(3)20(22)21-12-11-18-7-5-4-6-8-18/h4-10,13,17H,11-12,14H2,1-3H3,(H,21,22). The van der Waals surface area contributed by atoms with Crippen molar-refractivity contribution in [2.75, 3.05) is 6.54 Å². The average Bonchev–Trinajstić information content (AvgIpc) is 2.56. The Kier molecular flexibility index (Phi) is 6.72. The second-order valence-corrected chi connectivity index (χ2v) is 7.24. The van der Waals surface area contributed by atoms with Crippen molar-refractivity contribution in [3.63, 3.8) is 0 Å². The van der Waals surface area contributed by atoms with E-state index in [1.54, 1.807) is 11.8 Å². The first-order valence-electron chi connectivity index (χ1n) is 8.05. The Morgan fingerprint density at radius 1 is 1.13 bits per heavy atom. The van der Waals surface area contributed by atoms with Crippen LogP contribution in [0.25, 0.3) is 0 Å². The van der Waals surface area contributed by atoms with Crippen molar-refractivity contribution >= 4 is 17.7 Å². The van der Waals surface area contributed by atoms with Crippen molar-refractivity contribution in [3.8, 4) is 0 Å². The Bertz CT molecular complexity index is 639. The van der Waals surface area contributed by atoms with Gasteiger partial charge in [-0.1, -0.05) is 54.1 Å². The van der Waals surface area contributed by atoms with E-state index in [1.807, 2.05) is 25.1 Å². The van der Waals surface area contributed by atoms with Gasteiger partial charge >= 0.3 is 0 Å². The van der Waals surface area contributed by atoms with E-state index in [9.17, 15) is 4.79 Å². The van der Waals surface area contributed by atoms with Crippen LogP contribution in [-0.4, -0.2) is 17.7 Å². The van der Waals surface area contributed by atoms with Crippen molar-refractivity contribution in [2.24, 2.45) is 0 Å². The van der Waals surface area contributed by atoms with Crippen molar-refractivity contribution in [1.82, 2.24) is 5.32 Å². The molecule has 23 heavy (non-hydrogen) atoms. The van der Waals surface area contributed by atoms with E-state index >= 15 is 0 Å². The topological polar surface area (TPSA) is 29.1 Å². The fourth-order valence-electron chi connectivity index (χ4n) is 2.36. The predicted molar refractivity (Wildman–Crippen MR) is 99.8 cm³/mol. The number of nitrogens with one attached hydrogen (secondary N) is 1. The summed E-state index contributed by atoms with van der Waals surface area (Å²) in [4.78, 5) is 12.2. The SMILES string of the molecule is Cc1ccc(C)c(CSC(C)C(=O)NCCc2ccccc2)c1. The second-order valence-electron chi connectivity index (χ2n) is 5.91. The number of thioether (sulfide) groups is 1. The molecule has 3 heteroatoms. The number of rotatable bonds is 7. The van der Waals surface area contributed by atoms with E-state index < -0.39 is 0 Å². The lowest BCUT2D eigenvalue weighted by molar-refractivity contribution is -0.120. The second kappa shape index (κ2) is 8.78. The summed E-state index contributed by atoms with van der Waals surface area (Å²) in [5, 5.41) is 3.00. The molecular formula is C20H25NOS. The number of hydrogen-bond acceptors (Lipinski definition) is 2. The molecule has 0 aliphatic rings. The van der Waals surface area contributed by atoms with Gasteiger partial charge in [0, 0.05) is 12.3 Å². The molecule has 0 bridgehead atoms. The maximum absolute atomic E-state index is 12.2. The largest absolute Gasteiger partial charge is 0.355 e. The fourth-order valence-corrected chi connectivity index (χ4v) is 3.34. The number of amides is 1. The average molecular weight is 327 g/mol. The highest BCUT2D eigenvalue weighted by atomic mass is 32.2. The van der Waals surface area contributed by atoms with Gasteiger partial charge in [0.15, 0.2) is 0 Å². The summed E-state index contributed by atoms with van der Waals surface area (Å²) in [6, 6.07) is 16.7. The van der Waals surface area contributed by atoms with E-state index in [0.29, 0.717) is 6.54 Å². The van der Waals surface area contributed by atoms with E-state index in [0.717, 1.165) is 12.2 Å². The Balaban J connectivity index is 1.75. The van der Waals surface area contributed by atoms with Crippen LogP contribution in [0.5, 0.6) is 0 Å². The van der Waals surface area contributed by atoms with Crippen molar-refractivity contribution in [3.05, 3.63) is 70.8 Å². The zero-order valence-corrected chi connectivity index (χ0v) is 15.0. The molecular weight excluding hydrogens is 302 g/mol. The summed E-state index contributed by atoms with van der Waals surface area (Å²) in [6.45, 7) is 6.90. The molecule has 0 saturated heterocycles. The van der Waals surface area contributed by atoms with Gasteiger partial charge in [-0.15, -0.1) is 11.8 Å². The maximum atomic E-state index is 12.2. The van der Waals surface area contributed by atoms with E-state index in [2.05, 4.69) is 49.5 Å². The number of hydrogen-bond donors (Lipinski definition) is 1. The zero-order valence-electron chi connectivity index (χ0n) is 14.1. The highest BCUT2D eigenvalue weighted by Gasteiger charge is 2.13. The van der Waals surface area contributed by atoms with Crippen molar-refractivity contribution in [2.45, 2.75) is 38.2 Å². The molecule has 1 atom stereocenters. The summed E-state index contributed by atoms with van der Waals surface area (Å²) in [7, 11) is 0. The first-order valence-corrected chi connectivity index (χ1v) is 9.10. The third-order valence-corrected chi connectivity index (χ3v) is 5.11. The van der Waals surface area contributed by atoms with Gasteiger partial charge in [0.05, 0.1) is 5.25 Å². The molecule has 0 aliphatic carbocycles. The van der Waals surface area contributed by atoms with Crippen LogP contribution in [0.1, 0.15) is 29.2 Å². The maximum Gasteiger partial charge on any atom is 0.232 e. The van der Waals surface area contributed by atoms with Crippen LogP contribution in [0.15, 0.2) is 48.5 Å². The lowest BCUT2D eigenvalue weighted by Gasteiger charge is -2.13. The fraction of sp³-hybridized carbons (Fsp3) is 0.350. The lowest BCUT2D eigenvalue weighted by Crippen LogP contribution is -2.32. The number of benzene rings is 2. The van der Waals surface area contributed by atoms with Crippen LogP contribution >= 0.6 is 11.8 Å². The normalized spacial score (nSPS) is 12.0. The van der Waals surface area contributed by atoms with E-state index in [1.165, 1.54) is 22.3 Å². The summed E-state index contributed by atoms with van der Waals surface area (Å²) in [5.41, 5.74) is 5.13. The summed E-state index contributed by atoms with van der Waals surface area (Å²) in [5.74, 6) is 0.997. The van der Waals surface area contributed by atoms with Crippen LogP contribution in [-0.2, 0) is 17.0 Å². The smallest absolute Gasteiger partial charge is 0.232 e. The third-order valence-electron chi connectivity index (χ3n) is 3.92. The minimum Gasteiger partial charge on any atom is -0.355 e. The predicted octanol–water partition coefficient (Wildman–Crippen LogP) is 4.28. The third kappa shape index (κ3) is 5.76.